The van der Waals surface area contributed by atoms with Crippen LogP contribution in [0.15, 0.2) is 18.6 Å². The number of imidazole rings is 1. The van der Waals surface area contributed by atoms with Gasteiger partial charge in [0.2, 0.25) is 0 Å². The number of rotatable bonds is 4. The van der Waals surface area contributed by atoms with Crippen molar-refractivity contribution in [1.82, 2.24) is 14.5 Å². The van der Waals surface area contributed by atoms with Crippen LogP contribution in [0.2, 0.25) is 5.02 Å². The third kappa shape index (κ3) is 3.23. The first-order valence-corrected chi connectivity index (χ1v) is 8.36. The zero-order valence-electron chi connectivity index (χ0n) is 13.8. The van der Waals surface area contributed by atoms with Crippen molar-refractivity contribution in [3.8, 4) is 6.07 Å². The molecule has 0 radical (unpaired) electrons. The van der Waals surface area contributed by atoms with Crippen LogP contribution >= 0.6 is 11.6 Å². The summed E-state index contributed by atoms with van der Waals surface area (Å²) in [6, 6.07) is 2.18. The fourth-order valence-corrected chi connectivity index (χ4v) is 3.24. The lowest BCUT2D eigenvalue weighted by Gasteiger charge is -2.31. The number of halogens is 1. The third-order valence-corrected chi connectivity index (χ3v) is 4.94. The highest BCUT2D eigenvalue weighted by molar-refractivity contribution is 6.31. The molecule has 24 heavy (non-hydrogen) atoms. The van der Waals surface area contributed by atoms with E-state index < -0.39 is 0 Å². The van der Waals surface area contributed by atoms with Crippen molar-refractivity contribution < 1.29 is 4.74 Å². The molecule has 1 unspecified atom stereocenters. The zero-order valence-corrected chi connectivity index (χ0v) is 14.5. The molecule has 0 bridgehead atoms. The standard InChI is InChI=1S/C17H20ClN5O/c1-11-13(9-19)16(21-10-14(11)18)22-15(12-3-7-24-8-4-12)17-20-5-6-23(17)2/h5-6,10,12,15H,3-4,7-8H2,1-2H3,(H,21,22). The summed E-state index contributed by atoms with van der Waals surface area (Å²) in [6.45, 7) is 3.31. The molecule has 3 heterocycles. The fourth-order valence-electron chi connectivity index (χ4n) is 3.09. The van der Waals surface area contributed by atoms with Crippen molar-refractivity contribution >= 4 is 17.4 Å². The quantitative estimate of drug-likeness (QED) is 0.920. The highest BCUT2D eigenvalue weighted by Gasteiger charge is 2.29. The zero-order chi connectivity index (χ0) is 17.1. The summed E-state index contributed by atoms with van der Waals surface area (Å²) in [5.74, 6) is 1.85. The number of hydrogen-bond donors (Lipinski definition) is 1. The van der Waals surface area contributed by atoms with Crippen LogP contribution in [0, 0.1) is 24.2 Å². The summed E-state index contributed by atoms with van der Waals surface area (Å²) in [7, 11) is 1.97. The molecule has 0 aliphatic carbocycles. The summed E-state index contributed by atoms with van der Waals surface area (Å²) >= 11 is 6.10. The summed E-state index contributed by atoms with van der Waals surface area (Å²) in [5, 5.41) is 13.4. The Labute approximate surface area is 146 Å². The highest BCUT2D eigenvalue weighted by atomic mass is 35.5. The van der Waals surface area contributed by atoms with Crippen LogP contribution in [0.3, 0.4) is 0 Å². The average molecular weight is 346 g/mol. The highest BCUT2D eigenvalue weighted by Crippen LogP contribution is 2.33. The Balaban J connectivity index is 1.97. The van der Waals surface area contributed by atoms with Crippen LogP contribution < -0.4 is 5.32 Å². The second-order valence-corrected chi connectivity index (χ2v) is 6.44. The number of aromatic nitrogens is 3. The molecule has 1 saturated heterocycles. The van der Waals surface area contributed by atoms with Gasteiger partial charge in [-0.1, -0.05) is 11.6 Å². The molecule has 1 aliphatic rings. The average Bonchev–Trinajstić information content (AvgIpc) is 3.02. The van der Waals surface area contributed by atoms with E-state index in [9.17, 15) is 5.26 Å². The van der Waals surface area contributed by atoms with E-state index in [-0.39, 0.29) is 6.04 Å². The molecule has 1 N–H and O–H groups in total. The first-order valence-electron chi connectivity index (χ1n) is 7.98. The first-order chi connectivity index (χ1) is 11.6. The molecule has 2 aromatic heterocycles. The first kappa shape index (κ1) is 16.7. The van der Waals surface area contributed by atoms with E-state index in [4.69, 9.17) is 16.3 Å². The van der Waals surface area contributed by atoms with E-state index >= 15 is 0 Å². The van der Waals surface area contributed by atoms with Gasteiger partial charge in [-0.05, 0) is 31.2 Å². The SMILES string of the molecule is Cc1c(Cl)cnc(NC(c2nccn2C)C2CCOCC2)c1C#N. The van der Waals surface area contributed by atoms with E-state index in [1.807, 2.05) is 24.7 Å². The minimum Gasteiger partial charge on any atom is -0.381 e. The molecular formula is C17H20ClN5O. The van der Waals surface area contributed by atoms with Gasteiger partial charge in [-0.3, -0.25) is 0 Å². The number of pyridine rings is 1. The van der Waals surface area contributed by atoms with E-state index in [0.717, 1.165) is 37.4 Å². The molecule has 6 nitrogen and oxygen atoms in total. The molecule has 1 fully saturated rings. The van der Waals surface area contributed by atoms with Gasteiger partial charge < -0.3 is 14.6 Å². The molecule has 2 aromatic rings. The molecular weight excluding hydrogens is 326 g/mol. The maximum Gasteiger partial charge on any atom is 0.144 e. The number of nitrogens with zero attached hydrogens (tertiary/aromatic N) is 4. The van der Waals surface area contributed by atoms with Crippen molar-refractivity contribution in [1.29, 1.82) is 5.26 Å². The lowest BCUT2D eigenvalue weighted by atomic mass is 9.91. The predicted molar refractivity (Wildman–Crippen MR) is 91.8 cm³/mol. The van der Waals surface area contributed by atoms with Crippen molar-refractivity contribution in [3.05, 3.63) is 40.6 Å². The van der Waals surface area contributed by atoms with Crippen LogP contribution in [-0.4, -0.2) is 27.7 Å². The molecule has 7 heteroatoms. The number of ether oxygens (including phenoxy) is 1. The van der Waals surface area contributed by atoms with Crippen molar-refractivity contribution in [3.63, 3.8) is 0 Å². The van der Waals surface area contributed by atoms with Crippen LogP contribution in [-0.2, 0) is 11.8 Å². The number of aryl methyl sites for hydroxylation is 1. The molecule has 1 aliphatic heterocycles. The minimum atomic E-state index is -0.0333. The Morgan fingerprint density at radius 2 is 2.17 bits per heavy atom. The molecule has 126 valence electrons. The van der Waals surface area contributed by atoms with Gasteiger partial charge >= 0.3 is 0 Å². The van der Waals surface area contributed by atoms with Crippen molar-refractivity contribution in [2.75, 3.05) is 18.5 Å². The van der Waals surface area contributed by atoms with E-state index in [1.165, 1.54) is 0 Å². The molecule has 1 atom stereocenters. The topological polar surface area (TPSA) is 75.8 Å². The molecule has 3 rings (SSSR count). The van der Waals surface area contributed by atoms with Gasteiger partial charge in [0.25, 0.3) is 0 Å². The molecule has 0 amide bonds. The Kier molecular flexibility index (Phi) is 5.03. The van der Waals surface area contributed by atoms with E-state index in [1.54, 1.807) is 12.4 Å². The lowest BCUT2D eigenvalue weighted by molar-refractivity contribution is 0.0594. The van der Waals surface area contributed by atoms with Crippen LogP contribution in [0.4, 0.5) is 5.82 Å². The fraction of sp³-hybridized carbons (Fsp3) is 0.471. The Bertz CT molecular complexity index is 761. The molecule has 0 spiro atoms. The largest absolute Gasteiger partial charge is 0.381 e. The summed E-state index contributed by atoms with van der Waals surface area (Å²) in [6.07, 6.45) is 7.18. The summed E-state index contributed by atoms with van der Waals surface area (Å²) in [4.78, 5) is 8.86. The van der Waals surface area contributed by atoms with Crippen LogP contribution in [0.25, 0.3) is 0 Å². The maximum atomic E-state index is 9.50. The predicted octanol–water partition coefficient (Wildman–Crippen LogP) is 3.23. The van der Waals surface area contributed by atoms with Crippen LogP contribution in [0.1, 0.15) is 35.8 Å². The van der Waals surface area contributed by atoms with Gasteiger partial charge in [0, 0.05) is 38.9 Å². The Morgan fingerprint density at radius 1 is 1.42 bits per heavy atom. The van der Waals surface area contributed by atoms with Crippen molar-refractivity contribution in [2.24, 2.45) is 13.0 Å². The minimum absolute atomic E-state index is 0.0333. The van der Waals surface area contributed by atoms with Gasteiger partial charge in [-0.15, -0.1) is 0 Å². The third-order valence-electron chi connectivity index (χ3n) is 4.56. The van der Waals surface area contributed by atoms with Gasteiger partial charge in [0.1, 0.15) is 17.7 Å². The molecule has 0 aromatic carbocycles. The summed E-state index contributed by atoms with van der Waals surface area (Å²) < 4.78 is 7.49. The Hall–Kier alpha value is -2.10. The van der Waals surface area contributed by atoms with E-state index in [0.29, 0.717) is 22.3 Å². The monoisotopic (exact) mass is 345 g/mol. The second-order valence-electron chi connectivity index (χ2n) is 6.03. The Morgan fingerprint density at radius 3 is 2.79 bits per heavy atom. The number of anilines is 1. The van der Waals surface area contributed by atoms with Crippen LogP contribution in [0.5, 0.6) is 0 Å². The molecule has 0 saturated carbocycles. The lowest BCUT2D eigenvalue weighted by Crippen LogP contribution is -2.29. The maximum absolute atomic E-state index is 9.50. The smallest absolute Gasteiger partial charge is 0.144 e. The number of nitriles is 1. The second kappa shape index (κ2) is 7.20. The van der Waals surface area contributed by atoms with Gasteiger partial charge in [0.05, 0.1) is 16.6 Å². The van der Waals surface area contributed by atoms with E-state index in [2.05, 4.69) is 21.4 Å². The van der Waals surface area contributed by atoms with Gasteiger partial charge in [-0.25, -0.2) is 9.97 Å². The summed E-state index contributed by atoms with van der Waals surface area (Å²) in [5.41, 5.74) is 1.22. The normalized spacial score (nSPS) is 16.6. The van der Waals surface area contributed by atoms with Gasteiger partial charge in [-0.2, -0.15) is 5.26 Å². The van der Waals surface area contributed by atoms with Crippen molar-refractivity contribution in [2.45, 2.75) is 25.8 Å². The van der Waals surface area contributed by atoms with Gasteiger partial charge in [0.15, 0.2) is 0 Å². The number of hydrogen-bond acceptors (Lipinski definition) is 5. The number of nitrogens with one attached hydrogen (secondary N) is 1.